The molecule has 2 rings (SSSR count). The van der Waals surface area contributed by atoms with Gasteiger partial charge in [0.25, 0.3) is 0 Å². The van der Waals surface area contributed by atoms with Gasteiger partial charge in [0.2, 0.25) is 0 Å². The van der Waals surface area contributed by atoms with Crippen LogP contribution in [0.15, 0.2) is 29.0 Å². The molecule has 0 aliphatic rings. The first-order chi connectivity index (χ1) is 9.65. The highest BCUT2D eigenvalue weighted by Gasteiger charge is 2.16. The lowest BCUT2D eigenvalue weighted by Gasteiger charge is -2.14. The molecule has 2 aromatic rings. The number of rotatable bonds is 6. The zero-order valence-electron chi connectivity index (χ0n) is 11.6. The third kappa shape index (κ3) is 3.37. The third-order valence-electron chi connectivity index (χ3n) is 3.07. The molecule has 0 radical (unpaired) electrons. The second-order valence-corrected chi connectivity index (χ2v) is 5.36. The number of hydrogen-bond acceptors (Lipinski definition) is 4. The van der Waals surface area contributed by atoms with Crippen molar-refractivity contribution in [3.05, 3.63) is 40.4 Å². The molecule has 108 valence electrons. The SMILES string of the molecule is CCCn1ncnc1CC(O)c1cc(OC)ccc1Br. The van der Waals surface area contributed by atoms with Gasteiger partial charge in [0.05, 0.1) is 13.2 Å². The van der Waals surface area contributed by atoms with Crippen LogP contribution in [-0.2, 0) is 13.0 Å². The molecule has 1 aromatic heterocycles. The van der Waals surface area contributed by atoms with Crippen molar-refractivity contribution in [2.24, 2.45) is 0 Å². The minimum absolute atomic E-state index is 0.422. The standard InChI is InChI=1S/C14H18BrN3O2/c1-3-6-18-14(16-9-17-18)8-13(19)11-7-10(20-2)4-5-12(11)15/h4-5,7,9,13,19H,3,6,8H2,1-2H3. The molecular weight excluding hydrogens is 322 g/mol. The van der Waals surface area contributed by atoms with Crippen molar-refractivity contribution in [2.75, 3.05) is 7.11 Å². The maximum absolute atomic E-state index is 10.4. The first-order valence-electron chi connectivity index (χ1n) is 6.54. The Morgan fingerprint density at radius 2 is 2.25 bits per heavy atom. The quantitative estimate of drug-likeness (QED) is 0.878. The number of nitrogens with zero attached hydrogens (tertiary/aromatic N) is 3. The molecule has 0 aliphatic heterocycles. The van der Waals surface area contributed by atoms with Crippen molar-refractivity contribution in [1.29, 1.82) is 0 Å². The lowest BCUT2D eigenvalue weighted by atomic mass is 10.1. The Bertz CT molecular complexity index is 571. The smallest absolute Gasteiger partial charge is 0.138 e. The number of aliphatic hydroxyl groups is 1. The summed E-state index contributed by atoms with van der Waals surface area (Å²) in [7, 11) is 1.61. The number of ether oxygens (including phenoxy) is 1. The summed E-state index contributed by atoms with van der Waals surface area (Å²) in [5.74, 6) is 1.51. The van der Waals surface area contributed by atoms with Gasteiger partial charge in [-0.05, 0) is 30.2 Å². The van der Waals surface area contributed by atoms with Gasteiger partial charge < -0.3 is 9.84 Å². The van der Waals surface area contributed by atoms with E-state index in [1.54, 1.807) is 7.11 Å². The number of hydrogen-bond donors (Lipinski definition) is 1. The van der Waals surface area contributed by atoms with Crippen LogP contribution < -0.4 is 4.74 Å². The summed E-state index contributed by atoms with van der Waals surface area (Å²) in [6, 6.07) is 5.54. The van der Waals surface area contributed by atoms with Crippen LogP contribution in [-0.4, -0.2) is 27.0 Å². The molecule has 0 bridgehead atoms. The maximum atomic E-state index is 10.4. The number of aromatic nitrogens is 3. The minimum Gasteiger partial charge on any atom is -0.497 e. The first kappa shape index (κ1) is 15.0. The zero-order chi connectivity index (χ0) is 14.5. The molecule has 0 spiro atoms. The number of aliphatic hydroxyl groups excluding tert-OH is 1. The van der Waals surface area contributed by atoms with Gasteiger partial charge in [0, 0.05) is 17.4 Å². The van der Waals surface area contributed by atoms with E-state index in [9.17, 15) is 5.11 Å². The minimum atomic E-state index is -0.653. The molecule has 5 nitrogen and oxygen atoms in total. The van der Waals surface area contributed by atoms with E-state index in [4.69, 9.17) is 4.74 Å². The summed E-state index contributed by atoms with van der Waals surface area (Å²) in [6.45, 7) is 2.89. The van der Waals surface area contributed by atoms with Crippen molar-refractivity contribution in [1.82, 2.24) is 14.8 Å². The van der Waals surface area contributed by atoms with Crippen LogP contribution in [0.3, 0.4) is 0 Å². The summed E-state index contributed by atoms with van der Waals surface area (Å²) in [6.07, 6.45) is 2.28. The van der Waals surface area contributed by atoms with Gasteiger partial charge >= 0.3 is 0 Å². The van der Waals surface area contributed by atoms with E-state index >= 15 is 0 Å². The molecular formula is C14H18BrN3O2. The molecule has 6 heteroatoms. The number of aryl methyl sites for hydroxylation is 1. The third-order valence-corrected chi connectivity index (χ3v) is 3.79. The molecule has 0 saturated heterocycles. The highest BCUT2D eigenvalue weighted by molar-refractivity contribution is 9.10. The number of halogens is 1. The average molecular weight is 340 g/mol. The van der Waals surface area contributed by atoms with E-state index < -0.39 is 6.10 Å². The predicted molar refractivity (Wildman–Crippen MR) is 79.7 cm³/mol. The maximum Gasteiger partial charge on any atom is 0.138 e. The Balaban J connectivity index is 2.19. The van der Waals surface area contributed by atoms with Crippen molar-refractivity contribution >= 4 is 15.9 Å². The van der Waals surface area contributed by atoms with Crippen molar-refractivity contribution < 1.29 is 9.84 Å². The molecule has 0 amide bonds. The van der Waals surface area contributed by atoms with Gasteiger partial charge in [-0.15, -0.1) is 0 Å². The molecule has 1 unspecified atom stereocenters. The van der Waals surface area contributed by atoms with Crippen molar-refractivity contribution in [3.63, 3.8) is 0 Å². The van der Waals surface area contributed by atoms with Crippen LogP contribution in [0.1, 0.15) is 30.8 Å². The van der Waals surface area contributed by atoms with E-state index in [-0.39, 0.29) is 0 Å². The Labute approximate surface area is 126 Å². The molecule has 1 aromatic carbocycles. The predicted octanol–water partition coefficient (Wildman–Crippen LogP) is 2.74. The fourth-order valence-corrected chi connectivity index (χ4v) is 2.54. The topological polar surface area (TPSA) is 60.2 Å². The molecule has 1 heterocycles. The Morgan fingerprint density at radius 1 is 1.45 bits per heavy atom. The summed E-state index contributed by atoms with van der Waals surface area (Å²) in [5, 5.41) is 14.6. The fourth-order valence-electron chi connectivity index (χ4n) is 2.03. The number of methoxy groups -OCH3 is 1. The summed E-state index contributed by atoms with van der Waals surface area (Å²) >= 11 is 3.46. The van der Waals surface area contributed by atoms with Crippen molar-refractivity contribution in [3.8, 4) is 5.75 Å². The monoisotopic (exact) mass is 339 g/mol. The van der Waals surface area contributed by atoms with Crippen LogP contribution >= 0.6 is 15.9 Å². The molecule has 1 atom stereocenters. The molecule has 0 saturated carbocycles. The molecule has 1 N–H and O–H groups in total. The van der Waals surface area contributed by atoms with E-state index in [2.05, 4.69) is 32.9 Å². The summed E-state index contributed by atoms with van der Waals surface area (Å²) in [4.78, 5) is 4.22. The molecule has 0 aliphatic carbocycles. The van der Waals surface area contributed by atoms with Crippen LogP contribution in [0.2, 0.25) is 0 Å². The summed E-state index contributed by atoms with van der Waals surface area (Å²) in [5.41, 5.74) is 0.787. The molecule has 0 fully saturated rings. The van der Waals surface area contributed by atoms with Crippen LogP contribution in [0.5, 0.6) is 5.75 Å². The van der Waals surface area contributed by atoms with Gasteiger partial charge in [-0.2, -0.15) is 5.10 Å². The van der Waals surface area contributed by atoms with Gasteiger partial charge in [-0.25, -0.2) is 4.98 Å². The Morgan fingerprint density at radius 3 is 2.95 bits per heavy atom. The van der Waals surface area contributed by atoms with Crippen molar-refractivity contribution in [2.45, 2.75) is 32.4 Å². The van der Waals surface area contributed by atoms with Gasteiger partial charge in [0.15, 0.2) is 0 Å². The Hall–Kier alpha value is -1.40. The zero-order valence-corrected chi connectivity index (χ0v) is 13.2. The normalized spacial score (nSPS) is 12.4. The Kier molecular flexibility index (Phi) is 5.14. The van der Waals surface area contributed by atoms with E-state index in [1.165, 1.54) is 6.33 Å². The largest absolute Gasteiger partial charge is 0.497 e. The second-order valence-electron chi connectivity index (χ2n) is 4.51. The van der Waals surface area contributed by atoms with E-state index in [0.717, 1.165) is 34.6 Å². The number of benzene rings is 1. The van der Waals surface area contributed by atoms with E-state index in [0.29, 0.717) is 6.42 Å². The van der Waals surface area contributed by atoms with Crippen LogP contribution in [0.25, 0.3) is 0 Å². The van der Waals surface area contributed by atoms with Crippen LogP contribution in [0, 0.1) is 0 Å². The van der Waals surface area contributed by atoms with E-state index in [1.807, 2.05) is 22.9 Å². The average Bonchev–Trinajstić information content (AvgIpc) is 2.87. The molecule has 20 heavy (non-hydrogen) atoms. The van der Waals surface area contributed by atoms with Gasteiger partial charge in [-0.1, -0.05) is 22.9 Å². The van der Waals surface area contributed by atoms with Gasteiger partial charge in [-0.3, -0.25) is 4.68 Å². The first-order valence-corrected chi connectivity index (χ1v) is 7.33. The second kappa shape index (κ2) is 6.85. The summed E-state index contributed by atoms with van der Waals surface area (Å²) < 4.78 is 7.88. The highest BCUT2D eigenvalue weighted by Crippen LogP contribution is 2.29. The lowest BCUT2D eigenvalue weighted by molar-refractivity contribution is 0.172. The fraction of sp³-hybridized carbons (Fsp3) is 0.429. The van der Waals surface area contributed by atoms with Crippen LogP contribution in [0.4, 0.5) is 0 Å². The van der Waals surface area contributed by atoms with Gasteiger partial charge in [0.1, 0.15) is 17.9 Å². The highest BCUT2D eigenvalue weighted by atomic mass is 79.9. The lowest BCUT2D eigenvalue weighted by Crippen LogP contribution is -2.11.